The van der Waals surface area contributed by atoms with Crippen LogP contribution in [0, 0.1) is 18.7 Å². The Morgan fingerprint density at radius 3 is 3.00 bits per heavy atom. The van der Waals surface area contributed by atoms with E-state index in [4.69, 9.17) is 5.73 Å². The maximum absolute atomic E-state index is 13.8. The number of amides is 2. The molecule has 3 atom stereocenters. The number of benzene rings is 1. The van der Waals surface area contributed by atoms with Crippen molar-refractivity contribution in [3.05, 3.63) is 58.7 Å². The fourth-order valence-electron chi connectivity index (χ4n) is 4.90. The number of nitrogen functional groups attached to an aromatic ring is 1. The number of nitrogens with two attached hydrogens (primary N) is 1. The topological polar surface area (TPSA) is 106 Å². The van der Waals surface area contributed by atoms with Crippen molar-refractivity contribution in [2.24, 2.45) is 5.92 Å². The Balaban J connectivity index is 1.23. The van der Waals surface area contributed by atoms with Gasteiger partial charge in [-0.25, -0.2) is 14.4 Å². The molecule has 2 fully saturated rings. The van der Waals surface area contributed by atoms with Crippen molar-refractivity contribution < 1.29 is 14.0 Å². The number of fused-ring (bicyclic) bond motifs is 2. The lowest BCUT2D eigenvalue weighted by atomic mass is 10.1. The van der Waals surface area contributed by atoms with Crippen molar-refractivity contribution in [3.8, 4) is 10.4 Å². The number of rotatable bonds is 5. The molecule has 34 heavy (non-hydrogen) atoms. The van der Waals surface area contributed by atoms with Gasteiger partial charge in [0.25, 0.3) is 11.8 Å². The first-order valence-electron chi connectivity index (χ1n) is 11.0. The van der Waals surface area contributed by atoms with E-state index >= 15 is 0 Å². The zero-order valence-electron chi connectivity index (χ0n) is 18.2. The summed E-state index contributed by atoms with van der Waals surface area (Å²) in [5, 5.41) is 5.21. The van der Waals surface area contributed by atoms with Crippen LogP contribution in [0.4, 0.5) is 9.52 Å². The molecule has 1 saturated carbocycles. The molecule has 0 radical (unpaired) electrons. The summed E-state index contributed by atoms with van der Waals surface area (Å²) in [5.41, 5.74) is 8.20. The number of anilines is 1. The fraction of sp³-hybridized carbons (Fsp3) is 0.304. The number of nitrogens with zero attached hydrogens (tertiary/aromatic N) is 4. The quantitative estimate of drug-likeness (QED) is 0.439. The van der Waals surface area contributed by atoms with E-state index in [0.29, 0.717) is 28.6 Å². The second-order valence-corrected chi connectivity index (χ2v) is 10.6. The highest BCUT2D eigenvalue weighted by atomic mass is 32.1. The predicted molar refractivity (Wildman–Crippen MR) is 129 cm³/mol. The first-order chi connectivity index (χ1) is 16.4. The predicted octanol–water partition coefficient (Wildman–Crippen LogP) is 3.58. The van der Waals surface area contributed by atoms with Gasteiger partial charge in [-0.15, -0.1) is 11.3 Å². The van der Waals surface area contributed by atoms with Crippen molar-refractivity contribution >= 4 is 44.6 Å². The number of hydrogen-bond acceptors (Lipinski definition) is 7. The number of nitrogens with one attached hydrogen (secondary N) is 1. The number of thiazole rings is 2. The fourth-order valence-corrected chi connectivity index (χ4v) is 6.56. The summed E-state index contributed by atoms with van der Waals surface area (Å²) in [7, 11) is 0. The summed E-state index contributed by atoms with van der Waals surface area (Å²) < 4.78 is 15.7. The van der Waals surface area contributed by atoms with E-state index in [1.54, 1.807) is 18.3 Å². The van der Waals surface area contributed by atoms with Crippen molar-refractivity contribution in [1.29, 1.82) is 0 Å². The molecule has 3 aromatic heterocycles. The van der Waals surface area contributed by atoms with Gasteiger partial charge in [0.1, 0.15) is 17.2 Å². The molecule has 4 aromatic rings. The van der Waals surface area contributed by atoms with Crippen LogP contribution < -0.4 is 11.1 Å². The lowest BCUT2D eigenvalue weighted by Gasteiger charge is -2.27. The highest BCUT2D eigenvalue weighted by molar-refractivity contribution is 7.19. The molecule has 174 valence electrons. The zero-order valence-corrected chi connectivity index (χ0v) is 19.8. The van der Waals surface area contributed by atoms with Crippen LogP contribution >= 0.6 is 22.7 Å². The second kappa shape index (κ2) is 7.88. The van der Waals surface area contributed by atoms with Crippen LogP contribution in [-0.2, 0) is 0 Å². The van der Waals surface area contributed by atoms with Gasteiger partial charge in [-0.05, 0) is 43.4 Å². The normalized spacial score (nSPS) is 21.1. The number of carbonyl (C=O) groups excluding carboxylic acids is 2. The lowest BCUT2D eigenvalue weighted by Crippen LogP contribution is -2.45. The molecule has 1 aliphatic carbocycles. The van der Waals surface area contributed by atoms with E-state index in [1.807, 2.05) is 21.6 Å². The van der Waals surface area contributed by atoms with Crippen molar-refractivity contribution in [2.45, 2.75) is 31.8 Å². The molecular formula is C23H21FN6O2S2. The van der Waals surface area contributed by atoms with Gasteiger partial charge in [0.15, 0.2) is 10.1 Å². The SMILES string of the molecule is Cc1csc2ncc(C(=O)NC[C@@H]3C[C@@H]4C[C@@H]4N3C(=O)c3nc(N)sc3-c3cccc(F)c3)n12. The molecule has 6 rings (SSSR count). The Morgan fingerprint density at radius 1 is 1.32 bits per heavy atom. The number of aryl methyl sites for hydroxylation is 1. The third-order valence-corrected chi connectivity index (χ3v) is 8.42. The minimum absolute atomic E-state index is 0.137. The van der Waals surface area contributed by atoms with Gasteiger partial charge in [-0.2, -0.15) is 0 Å². The molecule has 2 amide bonds. The summed E-state index contributed by atoms with van der Waals surface area (Å²) in [6.45, 7) is 2.27. The van der Waals surface area contributed by atoms with Crippen molar-refractivity contribution in [1.82, 2.24) is 24.6 Å². The van der Waals surface area contributed by atoms with Gasteiger partial charge in [-0.1, -0.05) is 23.5 Å². The Labute approximate surface area is 202 Å². The molecule has 0 bridgehead atoms. The minimum Gasteiger partial charge on any atom is -0.375 e. The second-order valence-electron chi connectivity index (χ2n) is 8.75. The van der Waals surface area contributed by atoms with Gasteiger partial charge < -0.3 is 16.0 Å². The highest BCUT2D eigenvalue weighted by Crippen LogP contribution is 2.49. The first kappa shape index (κ1) is 21.2. The maximum atomic E-state index is 13.8. The standard InChI is InChI=1S/C23H21FN6O2S2/c1-11-10-33-23-27-9-17(29(11)23)20(31)26-8-15-6-13-7-16(13)30(15)21(32)18-19(34-22(25)28-18)12-3-2-4-14(24)5-12/h2-5,9-10,13,15-16H,6-8H2,1H3,(H2,25,28)(H,26,31)/t13-,15+,16+/m1/s1. The third kappa shape index (κ3) is 3.46. The number of likely N-dealkylation sites (tertiary alicyclic amines) is 1. The van der Waals surface area contributed by atoms with Crippen LogP contribution in [0.3, 0.4) is 0 Å². The largest absolute Gasteiger partial charge is 0.375 e. The molecule has 0 unspecified atom stereocenters. The molecule has 3 N–H and O–H groups in total. The molecule has 1 aliphatic heterocycles. The van der Waals surface area contributed by atoms with Crippen LogP contribution in [0.5, 0.6) is 0 Å². The third-order valence-electron chi connectivity index (χ3n) is 6.53. The molecular weight excluding hydrogens is 475 g/mol. The van der Waals surface area contributed by atoms with Crippen LogP contribution in [0.15, 0.2) is 35.8 Å². The van der Waals surface area contributed by atoms with E-state index in [1.165, 1.54) is 34.8 Å². The Morgan fingerprint density at radius 2 is 2.18 bits per heavy atom. The van der Waals surface area contributed by atoms with Gasteiger partial charge in [0, 0.05) is 23.7 Å². The molecule has 0 spiro atoms. The van der Waals surface area contributed by atoms with Crippen LogP contribution in [0.25, 0.3) is 15.4 Å². The molecule has 4 heterocycles. The average Bonchev–Trinajstić information content (AvgIpc) is 3.20. The van der Waals surface area contributed by atoms with E-state index in [2.05, 4.69) is 15.3 Å². The monoisotopic (exact) mass is 496 g/mol. The van der Waals surface area contributed by atoms with Crippen LogP contribution in [-0.4, -0.2) is 49.7 Å². The van der Waals surface area contributed by atoms with E-state index < -0.39 is 0 Å². The smallest absolute Gasteiger partial charge is 0.274 e. The molecule has 2 aliphatic rings. The Hall–Kier alpha value is -3.31. The summed E-state index contributed by atoms with van der Waals surface area (Å²) in [6, 6.07) is 6.07. The molecule has 11 heteroatoms. The maximum Gasteiger partial charge on any atom is 0.274 e. The van der Waals surface area contributed by atoms with Gasteiger partial charge in [-0.3, -0.25) is 14.0 Å². The average molecular weight is 497 g/mol. The number of piperidine rings is 1. The van der Waals surface area contributed by atoms with Crippen molar-refractivity contribution in [3.63, 3.8) is 0 Å². The molecule has 1 aromatic carbocycles. The lowest BCUT2D eigenvalue weighted by molar-refractivity contribution is 0.0684. The summed E-state index contributed by atoms with van der Waals surface area (Å²) >= 11 is 2.66. The Bertz CT molecular complexity index is 1440. The number of aromatic nitrogens is 3. The van der Waals surface area contributed by atoms with Gasteiger partial charge in [0.05, 0.1) is 17.1 Å². The van der Waals surface area contributed by atoms with Gasteiger partial charge >= 0.3 is 0 Å². The minimum atomic E-state index is -0.387. The molecule has 8 nitrogen and oxygen atoms in total. The summed E-state index contributed by atoms with van der Waals surface area (Å²) in [6.07, 6.45) is 3.35. The Kier molecular flexibility index (Phi) is 4.92. The number of hydrogen-bond donors (Lipinski definition) is 2. The van der Waals surface area contributed by atoms with E-state index in [-0.39, 0.29) is 40.5 Å². The molecule has 1 saturated heterocycles. The first-order valence-corrected chi connectivity index (χ1v) is 12.6. The van der Waals surface area contributed by atoms with Crippen molar-refractivity contribution in [2.75, 3.05) is 12.3 Å². The van der Waals surface area contributed by atoms with Crippen LogP contribution in [0.1, 0.15) is 39.5 Å². The van der Waals surface area contributed by atoms with E-state index in [9.17, 15) is 14.0 Å². The van der Waals surface area contributed by atoms with E-state index in [0.717, 1.165) is 23.5 Å². The number of halogens is 1. The zero-order chi connectivity index (χ0) is 23.6. The summed E-state index contributed by atoms with van der Waals surface area (Å²) in [5.74, 6) is -0.404. The summed E-state index contributed by atoms with van der Waals surface area (Å²) in [4.78, 5) is 38.3. The number of imidazole rings is 1. The number of carbonyl (C=O) groups is 2. The van der Waals surface area contributed by atoms with Gasteiger partial charge in [0.2, 0.25) is 0 Å². The van der Waals surface area contributed by atoms with Crippen LogP contribution in [0.2, 0.25) is 0 Å². The highest BCUT2D eigenvalue weighted by Gasteiger charge is 2.54.